The molecule has 0 unspecified atom stereocenters. The number of halogens is 1. The first-order valence-electron chi connectivity index (χ1n) is 9.81. The summed E-state index contributed by atoms with van der Waals surface area (Å²) < 4.78 is 11.2. The molecule has 3 rings (SSSR count). The zero-order valence-corrected chi connectivity index (χ0v) is 18.3. The first-order chi connectivity index (χ1) is 14.5. The molecule has 0 saturated heterocycles. The standard InChI is InChI=1S/C22H27ClN4O3/c1-24-22(26-14-15-4-6-17(7-5-15)21(28)27(2)3)25-9-8-16-12-18(23)20-19(13-16)29-10-11-30-20/h4-7,12-13H,8-11,14H2,1-3H3,(H2,24,25,26). The van der Waals surface area contributed by atoms with Crippen molar-refractivity contribution in [2.24, 2.45) is 4.99 Å². The molecule has 0 aromatic heterocycles. The molecule has 1 aliphatic heterocycles. The van der Waals surface area contributed by atoms with E-state index in [1.165, 1.54) is 0 Å². The van der Waals surface area contributed by atoms with Crippen LogP contribution in [0.3, 0.4) is 0 Å². The van der Waals surface area contributed by atoms with Crippen molar-refractivity contribution in [1.82, 2.24) is 15.5 Å². The Morgan fingerprint density at radius 3 is 2.53 bits per heavy atom. The molecule has 0 fully saturated rings. The number of carbonyl (C=O) groups is 1. The molecule has 0 bridgehead atoms. The second-order valence-electron chi connectivity index (χ2n) is 7.10. The third kappa shape index (κ3) is 5.57. The maximum absolute atomic E-state index is 12.0. The van der Waals surface area contributed by atoms with Gasteiger partial charge in [0.1, 0.15) is 13.2 Å². The fourth-order valence-corrected chi connectivity index (χ4v) is 3.35. The predicted octanol–water partition coefficient (Wildman–Crippen LogP) is 2.72. The first kappa shape index (κ1) is 21.8. The highest BCUT2D eigenvalue weighted by molar-refractivity contribution is 6.32. The van der Waals surface area contributed by atoms with Crippen molar-refractivity contribution < 1.29 is 14.3 Å². The number of carbonyl (C=O) groups excluding carboxylic acids is 1. The summed E-state index contributed by atoms with van der Waals surface area (Å²) in [5.74, 6) is 2.01. The largest absolute Gasteiger partial charge is 0.486 e. The predicted molar refractivity (Wildman–Crippen MR) is 119 cm³/mol. The van der Waals surface area contributed by atoms with E-state index in [4.69, 9.17) is 21.1 Å². The zero-order chi connectivity index (χ0) is 21.5. The molecule has 0 atom stereocenters. The SMILES string of the molecule is CN=C(NCCc1cc(Cl)c2c(c1)OCCO2)NCc1ccc(C(=O)N(C)C)cc1. The third-order valence-electron chi connectivity index (χ3n) is 4.65. The number of benzene rings is 2. The van der Waals surface area contributed by atoms with E-state index in [1.54, 1.807) is 26.0 Å². The highest BCUT2D eigenvalue weighted by atomic mass is 35.5. The molecule has 8 heteroatoms. The number of fused-ring (bicyclic) bond motifs is 1. The van der Waals surface area contributed by atoms with Gasteiger partial charge in [0.15, 0.2) is 17.5 Å². The van der Waals surface area contributed by atoms with Gasteiger partial charge in [-0.25, -0.2) is 0 Å². The number of amides is 1. The Morgan fingerprint density at radius 1 is 1.10 bits per heavy atom. The lowest BCUT2D eigenvalue weighted by Crippen LogP contribution is -2.37. The van der Waals surface area contributed by atoms with E-state index in [-0.39, 0.29) is 5.91 Å². The second-order valence-corrected chi connectivity index (χ2v) is 7.51. The summed E-state index contributed by atoms with van der Waals surface area (Å²) in [7, 11) is 5.22. The van der Waals surface area contributed by atoms with E-state index < -0.39 is 0 Å². The molecule has 0 radical (unpaired) electrons. The molecule has 30 heavy (non-hydrogen) atoms. The van der Waals surface area contributed by atoms with E-state index in [9.17, 15) is 4.79 Å². The number of rotatable bonds is 6. The van der Waals surface area contributed by atoms with E-state index in [0.717, 1.165) is 17.5 Å². The van der Waals surface area contributed by atoms with Gasteiger partial charge >= 0.3 is 0 Å². The maximum Gasteiger partial charge on any atom is 0.253 e. The summed E-state index contributed by atoms with van der Waals surface area (Å²) in [5, 5.41) is 7.14. The van der Waals surface area contributed by atoms with Crippen LogP contribution in [-0.2, 0) is 13.0 Å². The van der Waals surface area contributed by atoms with Crippen molar-refractivity contribution in [1.29, 1.82) is 0 Å². The van der Waals surface area contributed by atoms with Crippen LogP contribution in [-0.4, -0.2) is 57.7 Å². The number of aliphatic imine (C=N–C) groups is 1. The van der Waals surface area contributed by atoms with Gasteiger partial charge in [-0.3, -0.25) is 9.79 Å². The highest BCUT2D eigenvalue weighted by Crippen LogP contribution is 2.38. The van der Waals surface area contributed by atoms with Gasteiger partial charge in [0.25, 0.3) is 5.91 Å². The Kier molecular flexibility index (Phi) is 7.41. The van der Waals surface area contributed by atoms with Gasteiger partial charge in [0.05, 0.1) is 5.02 Å². The third-order valence-corrected chi connectivity index (χ3v) is 4.93. The lowest BCUT2D eigenvalue weighted by molar-refractivity contribution is 0.0827. The Hall–Kier alpha value is -2.93. The minimum absolute atomic E-state index is 0.00812. The van der Waals surface area contributed by atoms with Crippen LogP contribution in [0.1, 0.15) is 21.5 Å². The van der Waals surface area contributed by atoms with Crippen LogP contribution in [0.15, 0.2) is 41.4 Å². The van der Waals surface area contributed by atoms with Crippen molar-refractivity contribution >= 4 is 23.5 Å². The Morgan fingerprint density at radius 2 is 1.83 bits per heavy atom. The van der Waals surface area contributed by atoms with Gasteiger partial charge in [0, 0.05) is 39.8 Å². The molecule has 160 valence electrons. The van der Waals surface area contributed by atoms with Crippen molar-refractivity contribution in [2.75, 3.05) is 40.9 Å². The van der Waals surface area contributed by atoms with Crippen LogP contribution in [0.5, 0.6) is 11.5 Å². The van der Waals surface area contributed by atoms with Crippen LogP contribution in [0.25, 0.3) is 0 Å². The number of nitrogens with zero attached hydrogens (tertiary/aromatic N) is 2. The number of nitrogens with one attached hydrogen (secondary N) is 2. The highest BCUT2D eigenvalue weighted by Gasteiger charge is 2.16. The average Bonchev–Trinajstić information content (AvgIpc) is 2.76. The Labute approximate surface area is 182 Å². The van der Waals surface area contributed by atoms with Gasteiger partial charge < -0.3 is 25.0 Å². The van der Waals surface area contributed by atoms with Crippen LogP contribution in [0.2, 0.25) is 5.02 Å². The normalized spacial score (nSPS) is 13.0. The van der Waals surface area contributed by atoms with Crippen molar-refractivity contribution in [2.45, 2.75) is 13.0 Å². The molecule has 7 nitrogen and oxygen atoms in total. The number of hydrogen-bond donors (Lipinski definition) is 2. The van der Waals surface area contributed by atoms with E-state index in [2.05, 4.69) is 15.6 Å². The van der Waals surface area contributed by atoms with Gasteiger partial charge in [-0.15, -0.1) is 0 Å². The van der Waals surface area contributed by atoms with Crippen molar-refractivity contribution in [3.05, 3.63) is 58.1 Å². The molecule has 2 aromatic carbocycles. The lowest BCUT2D eigenvalue weighted by atomic mass is 10.1. The van der Waals surface area contributed by atoms with Crippen LogP contribution >= 0.6 is 11.6 Å². The quantitative estimate of drug-likeness (QED) is 0.544. The molecular weight excluding hydrogens is 404 g/mol. The molecule has 0 spiro atoms. The molecule has 1 aliphatic rings. The van der Waals surface area contributed by atoms with E-state index >= 15 is 0 Å². The average molecular weight is 431 g/mol. The lowest BCUT2D eigenvalue weighted by Gasteiger charge is -2.20. The minimum Gasteiger partial charge on any atom is -0.486 e. The maximum atomic E-state index is 12.0. The van der Waals surface area contributed by atoms with Crippen LogP contribution in [0, 0.1) is 0 Å². The summed E-state index contributed by atoms with van der Waals surface area (Å²) in [6.45, 7) is 2.34. The summed E-state index contributed by atoms with van der Waals surface area (Å²) in [6.07, 6.45) is 0.762. The topological polar surface area (TPSA) is 75.2 Å². The molecule has 2 aromatic rings. The smallest absolute Gasteiger partial charge is 0.253 e. The minimum atomic E-state index is -0.00812. The fourth-order valence-electron chi connectivity index (χ4n) is 3.06. The van der Waals surface area contributed by atoms with E-state index in [1.807, 2.05) is 36.4 Å². The van der Waals surface area contributed by atoms with Gasteiger partial charge in [0.2, 0.25) is 0 Å². The first-order valence-corrected chi connectivity index (χ1v) is 10.2. The van der Waals surface area contributed by atoms with Crippen molar-refractivity contribution in [3.63, 3.8) is 0 Å². The molecule has 2 N–H and O–H groups in total. The van der Waals surface area contributed by atoms with E-state index in [0.29, 0.717) is 54.3 Å². The summed E-state index contributed by atoms with van der Waals surface area (Å²) in [4.78, 5) is 17.8. The Bertz CT molecular complexity index is 913. The molecule has 1 amide bonds. The van der Waals surface area contributed by atoms with Crippen LogP contribution in [0.4, 0.5) is 0 Å². The van der Waals surface area contributed by atoms with Gasteiger partial charge in [-0.05, 0) is 41.8 Å². The Balaban J connectivity index is 1.48. The summed E-state index contributed by atoms with van der Waals surface area (Å²) in [5.41, 5.74) is 2.80. The fraction of sp³-hybridized carbons (Fsp3) is 0.364. The summed E-state index contributed by atoms with van der Waals surface area (Å²) in [6, 6.07) is 11.4. The van der Waals surface area contributed by atoms with Gasteiger partial charge in [-0.1, -0.05) is 23.7 Å². The monoisotopic (exact) mass is 430 g/mol. The molecule has 1 heterocycles. The zero-order valence-electron chi connectivity index (χ0n) is 17.5. The number of ether oxygens (including phenoxy) is 2. The molecular formula is C22H27ClN4O3. The molecule has 0 saturated carbocycles. The van der Waals surface area contributed by atoms with Crippen LogP contribution < -0.4 is 20.1 Å². The number of hydrogen-bond acceptors (Lipinski definition) is 4. The summed E-state index contributed by atoms with van der Waals surface area (Å²) >= 11 is 6.30. The van der Waals surface area contributed by atoms with Gasteiger partial charge in [-0.2, -0.15) is 0 Å². The number of guanidine groups is 1. The van der Waals surface area contributed by atoms with Crippen molar-refractivity contribution in [3.8, 4) is 11.5 Å². The molecule has 0 aliphatic carbocycles. The second kappa shape index (κ2) is 10.2.